The predicted molar refractivity (Wildman–Crippen MR) is 112 cm³/mol. The minimum Gasteiger partial charge on any atom is -0.378 e. The molecule has 154 valence electrons. The van der Waals surface area contributed by atoms with E-state index in [1.807, 2.05) is 24.3 Å². The monoisotopic (exact) mass is 417 g/mol. The van der Waals surface area contributed by atoms with Crippen LogP contribution in [0.3, 0.4) is 0 Å². The molecule has 0 spiro atoms. The van der Waals surface area contributed by atoms with E-state index in [0.29, 0.717) is 37.1 Å². The lowest BCUT2D eigenvalue weighted by atomic mass is 10.2. The smallest absolute Gasteiger partial charge is 0.267 e. The van der Waals surface area contributed by atoms with Crippen LogP contribution in [0, 0.1) is 0 Å². The molecule has 8 nitrogen and oxygen atoms in total. The van der Waals surface area contributed by atoms with Crippen LogP contribution in [-0.2, 0) is 16.1 Å². The first kappa shape index (κ1) is 19.7. The summed E-state index contributed by atoms with van der Waals surface area (Å²) < 4.78 is 6.62. The molecule has 1 aromatic heterocycles. The molecule has 0 saturated carbocycles. The van der Waals surface area contributed by atoms with Crippen molar-refractivity contribution in [2.45, 2.75) is 6.54 Å². The van der Waals surface area contributed by atoms with Gasteiger partial charge in [0.25, 0.3) is 5.56 Å². The van der Waals surface area contributed by atoms with Crippen molar-refractivity contribution in [2.24, 2.45) is 0 Å². The third-order valence-electron chi connectivity index (χ3n) is 5.30. The Balaban J connectivity index is 1.37. The fourth-order valence-corrected chi connectivity index (χ4v) is 3.73. The lowest BCUT2D eigenvalue weighted by Gasteiger charge is -2.36. The molecular weight excluding hydrogens is 394 g/mol. The van der Waals surface area contributed by atoms with Gasteiger partial charge in [-0.3, -0.25) is 9.59 Å². The lowest BCUT2D eigenvalue weighted by molar-refractivity contribution is -0.132. The Morgan fingerprint density at radius 3 is 2.31 bits per heavy atom. The van der Waals surface area contributed by atoms with Gasteiger partial charge in [-0.15, -0.1) is 0 Å². The van der Waals surface area contributed by atoms with Gasteiger partial charge in [0, 0.05) is 56.0 Å². The second-order valence-electron chi connectivity index (χ2n) is 7.13. The predicted octanol–water partition coefficient (Wildman–Crippen LogP) is 1.08. The van der Waals surface area contributed by atoms with Crippen molar-refractivity contribution in [1.82, 2.24) is 14.7 Å². The van der Waals surface area contributed by atoms with Crippen molar-refractivity contribution in [3.8, 4) is 0 Å². The highest BCUT2D eigenvalue weighted by atomic mass is 35.5. The molecule has 4 rings (SSSR count). The molecule has 2 aliphatic heterocycles. The van der Waals surface area contributed by atoms with Gasteiger partial charge in [0.1, 0.15) is 12.4 Å². The molecule has 9 heteroatoms. The highest BCUT2D eigenvalue weighted by Crippen LogP contribution is 2.19. The number of hydrogen-bond donors (Lipinski definition) is 0. The van der Waals surface area contributed by atoms with E-state index in [1.165, 1.54) is 10.7 Å². The molecule has 0 aliphatic carbocycles. The molecule has 3 heterocycles. The fraction of sp³-hybridized carbons (Fsp3) is 0.450. The van der Waals surface area contributed by atoms with Crippen molar-refractivity contribution < 1.29 is 9.53 Å². The Kier molecular flexibility index (Phi) is 6.01. The number of hydrogen-bond acceptors (Lipinski definition) is 6. The maximum Gasteiger partial charge on any atom is 0.267 e. The summed E-state index contributed by atoms with van der Waals surface area (Å²) in [7, 11) is 0. The molecule has 0 bridgehead atoms. The quantitative estimate of drug-likeness (QED) is 0.741. The van der Waals surface area contributed by atoms with Crippen molar-refractivity contribution in [2.75, 3.05) is 62.3 Å². The highest BCUT2D eigenvalue weighted by Gasteiger charge is 2.22. The molecule has 2 aliphatic rings. The van der Waals surface area contributed by atoms with Gasteiger partial charge in [0.2, 0.25) is 5.91 Å². The Bertz CT molecular complexity index is 903. The molecule has 0 radical (unpaired) electrons. The molecule has 29 heavy (non-hydrogen) atoms. The molecule has 0 N–H and O–H groups in total. The normalized spacial score (nSPS) is 17.5. The van der Waals surface area contributed by atoms with Crippen LogP contribution in [0.5, 0.6) is 0 Å². The number of aromatic nitrogens is 2. The second kappa shape index (κ2) is 8.84. The molecule has 2 aromatic rings. The van der Waals surface area contributed by atoms with Crippen molar-refractivity contribution in [1.29, 1.82) is 0 Å². The van der Waals surface area contributed by atoms with E-state index >= 15 is 0 Å². The topological polar surface area (TPSA) is 70.9 Å². The van der Waals surface area contributed by atoms with Gasteiger partial charge in [-0.25, -0.2) is 4.68 Å². The van der Waals surface area contributed by atoms with Gasteiger partial charge in [0.05, 0.1) is 13.2 Å². The largest absolute Gasteiger partial charge is 0.378 e. The number of morpholine rings is 1. The second-order valence-corrected chi connectivity index (χ2v) is 7.57. The average molecular weight is 418 g/mol. The number of benzene rings is 1. The van der Waals surface area contributed by atoms with Gasteiger partial charge >= 0.3 is 0 Å². The van der Waals surface area contributed by atoms with Gasteiger partial charge in [-0.05, 0) is 30.3 Å². The van der Waals surface area contributed by atoms with E-state index in [-0.39, 0.29) is 18.0 Å². The van der Waals surface area contributed by atoms with Crippen molar-refractivity contribution >= 4 is 29.0 Å². The highest BCUT2D eigenvalue weighted by molar-refractivity contribution is 6.30. The third-order valence-corrected chi connectivity index (χ3v) is 5.55. The zero-order valence-corrected chi connectivity index (χ0v) is 16.9. The van der Waals surface area contributed by atoms with E-state index < -0.39 is 0 Å². The summed E-state index contributed by atoms with van der Waals surface area (Å²) in [6.07, 6.45) is 0. The van der Waals surface area contributed by atoms with Crippen LogP contribution in [0.1, 0.15) is 0 Å². The lowest BCUT2D eigenvalue weighted by Crippen LogP contribution is -2.50. The van der Waals surface area contributed by atoms with Gasteiger partial charge in [0.15, 0.2) is 0 Å². The zero-order valence-electron chi connectivity index (χ0n) is 16.2. The van der Waals surface area contributed by atoms with E-state index in [2.05, 4.69) is 14.9 Å². The number of piperazine rings is 1. The van der Waals surface area contributed by atoms with Crippen molar-refractivity contribution in [3.63, 3.8) is 0 Å². The van der Waals surface area contributed by atoms with Crippen LogP contribution >= 0.6 is 11.6 Å². The number of halogens is 1. The maximum absolute atomic E-state index is 12.8. The van der Waals surface area contributed by atoms with Gasteiger partial charge < -0.3 is 19.4 Å². The Morgan fingerprint density at radius 2 is 1.62 bits per heavy atom. The molecule has 0 atom stereocenters. The summed E-state index contributed by atoms with van der Waals surface area (Å²) in [5.41, 5.74) is 0.827. The minimum atomic E-state index is -0.268. The minimum absolute atomic E-state index is 0.0437. The maximum atomic E-state index is 12.8. The number of rotatable bonds is 4. The summed E-state index contributed by atoms with van der Waals surface area (Å²) in [5, 5.41) is 5.11. The molecule has 1 aromatic carbocycles. The third kappa shape index (κ3) is 4.71. The molecule has 0 unspecified atom stereocenters. The summed E-state index contributed by atoms with van der Waals surface area (Å²) in [4.78, 5) is 31.0. The van der Waals surface area contributed by atoms with Crippen LogP contribution in [0.2, 0.25) is 5.02 Å². The fourth-order valence-electron chi connectivity index (χ4n) is 3.61. The molecule has 2 fully saturated rings. The SMILES string of the molecule is O=C(Cn1nc(N2CCOCC2)ccc1=O)N1CCN(c2ccc(Cl)cc2)CC1. The standard InChI is InChI=1S/C20H24ClN5O3/c21-16-1-3-17(4-2-16)23-7-9-25(10-8-23)20(28)15-26-19(27)6-5-18(22-26)24-11-13-29-14-12-24/h1-6H,7-15H2. The van der Waals surface area contributed by atoms with E-state index in [1.54, 1.807) is 11.0 Å². The molecular formula is C20H24ClN5O3. The number of ether oxygens (including phenoxy) is 1. The summed E-state index contributed by atoms with van der Waals surface area (Å²) >= 11 is 5.95. The number of carbonyl (C=O) groups is 1. The zero-order chi connectivity index (χ0) is 20.2. The number of nitrogens with zero attached hydrogens (tertiary/aromatic N) is 5. The van der Waals surface area contributed by atoms with Crippen LogP contribution in [0.15, 0.2) is 41.2 Å². The van der Waals surface area contributed by atoms with E-state index in [9.17, 15) is 9.59 Å². The summed E-state index contributed by atoms with van der Waals surface area (Å²) in [6, 6.07) is 10.9. The van der Waals surface area contributed by atoms with Gasteiger partial charge in [-0.2, -0.15) is 5.10 Å². The van der Waals surface area contributed by atoms with Crippen LogP contribution in [0.25, 0.3) is 0 Å². The van der Waals surface area contributed by atoms with Crippen molar-refractivity contribution in [3.05, 3.63) is 51.8 Å². The summed E-state index contributed by atoms with van der Waals surface area (Å²) in [6.45, 7) is 5.39. The Morgan fingerprint density at radius 1 is 0.931 bits per heavy atom. The Hall–Kier alpha value is -2.58. The first-order valence-electron chi connectivity index (χ1n) is 9.79. The molecule has 1 amide bonds. The summed E-state index contributed by atoms with van der Waals surface area (Å²) in [5.74, 6) is 0.614. The average Bonchev–Trinajstić information content (AvgIpc) is 2.76. The number of amides is 1. The van der Waals surface area contributed by atoms with Crippen LogP contribution < -0.4 is 15.4 Å². The molecule has 2 saturated heterocycles. The number of anilines is 2. The first-order chi connectivity index (χ1) is 14.1. The Labute approximate surface area is 174 Å². The first-order valence-corrected chi connectivity index (χ1v) is 10.2. The van der Waals surface area contributed by atoms with E-state index in [0.717, 1.165) is 31.9 Å². The van der Waals surface area contributed by atoms with E-state index in [4.69, 9.17) is 16.3 Å². The number of carbonyl (C=O) groups excluding carboxylic acids is 1. The van der Waals surface area contributed by atoms with Crippen LogP contribution in [0.4, 0.5) is 11.5 Å². The van der Waals surface area contributed by atoms with Gasteiger partial charge in [-0.1, -0.05) is 11.6 Å². The van der Waals surface area contributed by atoms with Crippen LogP contribution in [-0.4, -0.2) is 73.1 Å².